The molecule has 42 heavy (non-hydrogen) atoms. The monoisotopic (exact) mass is 609 g/mol. The number of carbonyl (C=O) groups excluding carboxylic acids is 1. The summed E-state index contributed by atoms with van der Waals surface area (Å²) in [7, 11) is 0. The number of benzene rings is 4. The van der Waals surface area contributed by atoms with Gasteiger partial charge >= 0.3 is 0 Å². The van der Waals surface area contributed by atoms with Gasteiger partial charge in [0.15, 0.2) is 5.13 Å². The van der Waals surface area contributed by atoms with Crippen molar-refractivity contribution in [1.82, 2.24) is 15.0 Å². The molecular weight excluding hydrogens is 585 g/mol. The van der Waals surface area contributed by atoms with Crippen LogP contribution in [0, 0.1) is 6.92 Å². The summed E-state index contributed by atoms with van der Waals surface area (Å²) in [6.45, 7) is 2.63. The van der Waals surface area contributed by atoms with Crippen LogP contribution < -0.4 is 10.7 Å². The fraction of sp³-hybridized carbons (Fsp3) is 0.0606. The second-order valence-electron chi connectivity index (χ2n) is 9.77. The summed E-state index contributed by atoms with van der Waals surface area (Å²) in [4.78, 5) is 17.5. The van der Waals surface area contributed by atoms with Crippen molar-refractivity contribution >= 4 is 68.4 Å². The molecule has 208 valence electrons. The first kappa shape index (κ1) is 27.7. The van der Waals surface area contributed by atoms with Crippen molar-refractivity contribution in [2.75, 3.05) is 5.32 Å². The van der Waals surface area contributed by atoms with Gasteiger partial charge in [0.05, 0.1) is 11.9 Å². The summed E-state index contributed by atoms with van der Waals surface area (Å²) in [5.41, 5.74) is 9.99. The topological polar surface area (TPSA) is 71.3 Å². The summed E-state index contributed by atoms with van der Waals surface area (Å²) >= 11 is 14.0. The predicted molar refractivity (Wildman–Crippen MR) is 175 cm³/mol. The van der Waals surface area contributed by atoms with Crippen LogP contribution >= 0.6 is 34.5 Å². The number of thiazole rings is 1. The number of aromatic nitrogens is 2. The maximum absolute atomic E-state index is 12.8. The van der Waals surface area contributed by atoms with Crippen molar-refractivity contribution in [1.29, 1.82) is 0 Å². The first-order chi connectivity index (χ1) is 20.4. The molecular formula is C33H25Cl2N5OS. The summed E-state index contributed by atoms with van der Waals surface area (Å²) < 4.78 is 2.10. The number of nitrogens with one attached hydrogen (secondary N) is 2. The molecule has 0 aliphatic rings. The lowest BCUT2D eigenvalue weighted by Gasteiger charge is -2.08. The molecule has 2 N–H and O–H groups in total. The lowest BCUT2D eigenvalue weighted by molar-refractivity contribution is 0.0955. The second-order valence-corrected chi connectivity index (χ2v) is 11.5. The first-order valence-electron chi connectivity index (χ1n) is 13.2. The van der Waals surface area contributed by atoms with Gasteiger partial charge in [-0.3, -0.25) is 4.79 Å². The van der Waals surface area contributed by atoms with E-state index in [1.54, 1.807) is 24.4 Å². The minimum Gasteiger partial charge on any atom is -0.342 e. The highest BCUT2D eigenvalue weighted by molar-refractivity contribution is 7.14. The number of amides is 1. The van der Waals surface area contributed by atoms with Gasteiger partial charge in [0.25, 0.3) is 5.91 Å². The van der Waals surface area contributed by atoms with Crippen LogP contribution in [-0.4, -0.2) is 21.7 Å². The maximum atomic E-state index is 12.8. The highest BCUT2D eigenvalue weighted by atomic mass is 35.5. The second kappa shape index (κ2) is 12.2. The molecule has 0 bridgehead atoms. The number of anilines is 2. The van der Waals surface area contributed by atoms with Crippen LogP contribution in [0.2, 0.25) is 10.0 Å². The van der Waals surface area contributed by atoms with Gasteiger partial charge in [0.1, 0.15) is 0 Å². The standard InChI is InChI=1S/C33H25Cl2N5OS/c1-21-6-14-27(15-7-21)37-33-38-30(20-42-33)22-8-10-23(11-9-22)32(41)39-36-17-25-19-40(31-5-3-2-4-28(25)31)18-24-12-13-26(34)16-29(24)35/h2-17,19-20H,18H2,1H3,(H,37,38)(H,39,41)/b36-17-. The van der Waals surface area contributed by atoms with Gasteiger partial charge in [0, 0.05) is 61.4 Å². The van der Waals surface area contributed by atoms with Crippen molar-refractivity contribution < 1.29 is 4.79 Å². The van der Waals surface area contributed by atoms with Crippen LogP contribution in [0.5, 0.6) is 0 Å². The molecule has 4 aromatic carbocycles. The lowest BCUT2D eigenvalue weighted by atomic mass is 10.1. The molecule has 2 aromatic heterocycles. The van der Waals surface area contributed by atoms with E-state index in [9.17, 15) is 4.79 Å². The first-order valence-corrected chi connectivity index (χ1v) is 14.8. The van der Waals surface area contributed by atoms with Crippen LogP contribution in [0.1, 0.15) is 27.0 Å². The van der Waals surface area contributed by atoms with E-state index in [1.165, 1.54) is 16.9 Å². The number of hydrogen-bond acceptors (Lipinski definition) is 5. The normalized spacial score (nSPS) is 11.3. The van der Waals surface area contributed by atoms with Crippen LogP contribution in [0.3, 0.4) is 0 Å². The Bertz CT molecular complexity index is 1910. The maximum Gasteiger partial charge on any atom is 0.271 e. The molecule has 0 atom stereocenters. The van der Waals surface area contributed by atoms with E-state index in [1.807, 2.05) is 72.2 Å². The molecule has 0 unspecified atom stereocenters. The van der Waals surface area contributed by atoms with Crippen molar-refractivity contribution in [3.05, 3.63) is 135 Å². The molecule has 0 aliphatic heterocycles. The molecule has 0 radical (unpaired) electrons. The highest BCUT2D eigenvalue weighted by Crippen LogP contribution is 2.28. The van der Waals surface area contributed by atoms with E-state index in [4.69, 9.17) is 23.2 Å². The highest BCUT2D eigenvalue weighted by Gasteiger charge is 2.11. The Hall–Kier alpha value is -4.43. The average Bonchev–Trinajstić information content (AvgIpc) is 3.61. The van der Waals surface area contributed by atoms with Crippen LogP contribution in [0.4, 0.5) is 10.8 Å². The minimum absolute atomic E-state index is 0.297. The molecule has 0 spiro atoms. The zero-order chi connectivity index (χ0) is 29.1. The van der Waals surface area contributed by atoms with Crippen molar-refractivity contribution in [3.63, 3.8) is 0 Å². The van der Waals surface area contributed by atoms with Crippen molar-refractivity contribution in [3.8, 4) is 11.3 Å². The van der Waals surface area contributed by atoms with E-state index in [2.05, 4.69) is 44.5 Å². The summed E-state index contributed by atoms with van der Waals surface area (Å²) in [5.74, 6) is -0.297. The minimum atomic E-state index is -0.297. The van der Waals surface area contributed by atoms with E-state index >= 15 is 0 Å². The summed E-state index contributed by atoms with van der Waals surface area (Å²) in [6, 6.07) is 29.0. The Morgan fingerprint density at radius 2 is 1.79 bits per heavy atom. The Morgan fingerprint density at radius 1 is 1.00 bits per heavy atom. The molecule has 0 saturated heterocycles. The SMILES string of the molecule is Cc1ccc(Nc2nc(-c3ccc(C(=O)N/N=C\c4cn(Cc5ccc(Cl)cc5Cl)c5ccccc45)cc3)cs2)cc1. The van der Waals surface area contributed by atoms with Gasteiger partial charge in [-0.2, -0.15) is 5.10 Å². The van der Waals surface area contributed by atoms with Crippen LogP contribution in [0.25, 0.3) is 22.2 Å². The number of nitrogens with zero attached hydrogens (tertiary/aromatic N) is 3. The fourth-order valence-corrected chi connectivity index (χ4v) is 5.79. The van der Waals surface area contributed by atoms with Gasteiger partial charge < -0.3 is 9.88 Å². The third kappa shape index (κ3) is 6.24. The number of para-hydroxylation sites is 1. The number of aryl methyl sites for hydroxylation is 1. The Labute approximate surface area is 257 Å². The number of fused-ring (bicyclic) bond motifs is 1. The molecule has 0 fully saturated rings. The molecule has 2 heterocycles. The average molecular weight is 611 g/mol. The summed E-state index contributed by atoms with van der Waals surface area (Å²) in [6.07, 6.45) is 3.66. The third-order valence-electron chi connectivity index (χ3n) is 6.79. The summed E-state index contributed by atoms with van der Waals surface area (Å²) in [5, 5.41) is 12.6. The molecule has 0 aliphatic carbocycles. The molecule has 6 nitrogen and oxygen atoms in total. The fourth-order valence-electron chi connectivity index (χ4n) is 4.58. The molecule has 6 aromatic rings. The number of rotatable bonds is 8. The number of halogens is 2. The van der Waals surface area contributed by atoms with Crippen LogP contribution in [0.15, 0.2) is 108 Å². The smallest absolute Gasteiger partial charge is 0.271 e. The number of carbonyl (C=O) groups is 1. The zero-order valence-corrected chi connectivity index (χ0v) is 24.8. The van der Waals surface area contributed by atoms with Gasteiger partial charge in [-0.05, 0) is 55.0 Å². The van der Waals surface area contributed by atoms with E-state index in [0.717, 1.165) is 44.1 Å². The van der Waals surface area contributed by atoms with Crippen LogP contribution in [-0.2, 0) is 6.54 Å². The molecule has 1 amide bonds. The van der Waals surface area contributed by atoms with Crippen molar-refractivity contribution in [2.24, 2.45) is 5.10 Å². The Kier molecular flexibility index (Phi) is 8.06. The van der Waals surface area contributed by atoms with E-state index in [-0.39, 0.29) is 5.91 Å². The zero-order valence-electron chi connectivity index (χ0n) is 22.5. The van der Waals surface area contributed by atoms with Gasteiger partial charge in [-0.25, -0.2) is 10.4 Å². The molecule has 0 saturated carbocycles. The number of hydrogen-bond donors (Lipinski definition) is 2. The van der Waals surface area contributed by atoms with E-state index in [0.29, 0.717) is 22.2 Å². The largest absolute Gasteiger partial charge is 0.342 e. The van der Waals surface area contributed by atoms with Gasteiger partial charge in [-0.1, -0.05) is 77.3 Å². The van der Waals surface area contributed by atoms with Gasteiger partial charge in [0.2, 0.25) is 0 Å². The molecule has 6 rings (SSSR count). The quantitative estimate of drug-likeness (QED) is 0.134. The predicted octanol–water partition coefficient (Wildman–Crippen LogP) is 8.94. The Balaban J connectivity index is 1.12. The lowest BCUT2D eigenvalue weighted by Crippen LogP contribution is -2.17. The van der Waals surface area contributed by atoms with Gasteiger partial charge in [-0.15, -0.1) is 11.3 Å². The van der Waals surface area contributed by atoms with Crippen molar-refractivity contribution in [2.45, 2.75) is 13.5 Å². The number of hydrazone groups is 1. The third-order valence-corrected chi connectivity index (χ3v) is 8.14. The van der Waals surface area contributed by atoms with E-state index < -0.39 is 0 Å². The Morgan fingerprint density at radius 3 is 2.57 bits per heavy atom. The molecule has 9 heteroatoms.